The lowest BCUT2D eigenvalue weighted by Gasteiger charge is -2.30. The van der Waals surface area contributed by atoms with Crippen LogP contribution in [0.4, 0.5) is 0 Å². The molecule has 51 heavy (non-hydrogen) atoms. The number of nitrogens with zero attached hydrogens (tertiary/aromatic N) is 2. The average Bonchev–Trinajstić information content (AvgIpc) is 3.67. The van der Waals surface area contributed by atoms with Gasteiger partial charge in [0.25, 0.3) is 0 Å². The van der Waals surface area contributed by atoms with Crippen molar-refractivity contribution in [2.75, 3.05) is 0 Å². The van der Waals surface area contributed by atoms with Crippen LogP contribution in [0.1, 0.15) is 22.3 Å². The Labute approximate surface area is 296 Å². The molecule has 0 aliphatic heterocycles. The Hall–Kier alpha value is -6.64. The summed E-state index contributed by atoms with van der Waals surface area (Å²) in [5, 5.41) is 14.1. The molecule has 0 atom stereocenters. The second kappa shape index (κ2) is 10.7. The van der Waals surface area contributed by atoms with E-state index in [1.54, 1.807) is 0 Å². The molecule has 0 N–H and O–H groups in total. The van der Waals surface area contributed by atoms with Gasteiger partial charge < -0.3 is 0 Å². The van der Waals surface area contributed by atoms with Crippen LogP contribution in [0.25, 0.3) is 77.4 Å². The van der Waals surface area contributed by atoms with Gasteiger partial charge in [-0.3, -0.25) is 0 Å². The zero-order valence-electron chi connectivity index (χ0n) is 27.7. The maximum Gasteiger partial charge on any atom is 0.0930 e. The highest BCUT2D eigenvalue weighted by Crippen LogP contribution is 2.64. The zero-order valence-corrected chi connectivity index (χ0v) is 27.7. The lowest BCUT2D eigenvalue weighted by atomic mass is 9.70. The molecule has 1 heterocycles. The van der Waals surface area contributed by atoms with Gasteiger partial charge in [0.2, 0.25) is 0 Å². The normalized spacial score (nSPS) is 13.3. The number of benzene rings is 8. The molecular weight excluding hydrogens is 617 g/mol. The molecule has 0 amide bonds. The summed E-state index contributed by atoms with van der Waals surface area (Å²) < 4.78 is 0. The van der Waals surface area contributed by atoms with Crippen LogP contribution in [0, 0.1) is 0 Å². The molecule has 2 heteroatoms. The van der Waals surface area contributed by atoms with E-state index >= 15 is 0 Å². The Morgan fingerprint density at radius 3 is 1.63 bits per heavy atom. The summed E-state index contributed by atoms with van der Waals surface area (Å²) in [4.78, 5) is 0. The molecule has 0 radical (unpaired) electrons. The standard InChI is InChI=1S/C49H30N2/c1-2-11-33(12-3-1)46-26-27-47(51-50-46)34-20-18-31(19-21-34)35-22-23-36-29-41-45(30-37(36)28-35)49(44-25-24-32-10-4-5-13-38(32)48(41)44)42-16-8-6-14-39(42)40-15-7-9-17-43(40)49/h1-30H. The molecule has 0 bridgehead atoms. The molecule has 0 fully saturated rings. The molecule has 236 valence electrons. The largest absolute Gasteiger partial charge is 0.150 e. The molecule has 8 aromatic carbocycles. The smallest absolute Gasteiger partial charge is 0.0930 e. The fourth-order valence-corrected chi connectivity index (χ4v) is 8.91. The van der Waals surface area contributed by atoms with E-state index in [1.807, 2.05) is 24.3 Å². The minimum Gasteiger partial charge on any atom is -0.150 e. The molecule has 11 rings (SSSR count). The van der Waals surface area contributed by atoms with Crippen LogP contribution in [0.5, 0.6) is 0 Å². The number of hydrogen-bond acceptors (Lipinski definition) is 2. The highest BCUT2D eigenvalue weighted by Gasteiger charge is 2.52. The lowest BCUT2D eigenvalue weighted by molar-refractivity contribution is 0.795. The van der Waals surface area contributed by atoms with Gasteiger partial charge in [0.15, 0.2) is 0 Å². The first kappa shape index (κ1) is 28.2. The molecule has 1 spiro atoms. The summed E-state index contributed by atoms with van der Waals surface area (Å²) in [5.74, 6) is 0. The van der Waals surface area contributed by atoms with Gasteiger partial charge in [0.1, 0.15) is 0 Å². The highest BCUT2D eigenvalue weighted by atomic mass is 15.1. The van der Waals surface area contributed by atoms with Crippen molar-refractivity contribution in [1.82, 2.24) is 10.2 Å². The highest BCUT2D eigenvalue weighted by molar-refractivity contribution is 6.08. The number of hydrogen-bond donors (Lipinski definition) is 0. The minimum absolute atomic E-state index is 0.384. The van der Waals surface area contributed by atoms with Crippen molar-refractivity contribution in [3.63, 3.8) is 0 Å². The molecule has 9 aromatic rings. The molecular formula is C49H30N2. The SMILES string of the molecule is c1ccc(-c2ccc(-c3ccc(-c4ccc5cc6c(cc5c4)C4(c5ccccc5-c5ccccc54)c4ccc5ccccc5c4-6)cc3)nn2)cc1. The molecule has 2 nitrogen and oxygen atoms in total. The van der Waals surface area contributed by atoms with Crippen molar-refractivity contribution >= 4 is 21.5 Å². The van der Waals surface area contributed by atoms with Crippen molar-refractivity contribution in [2.24, 2.45) is 0 Å². The van der Waals surface area contributed by atoms with E-state index < -0.39 is 0 Å². The summed E-state index contributed by atoms with van der Waals surface area (Å²) in [5.41, 5.74) is 16.7. The van der Waals surface area contributed by atoms with E-state index in [2.05, 4.69) is 168 Å². The van der Waals surface area contributed by atoms with Gasteiger partial charge in [-0.25, -0.2) is 0 Å². The molecule has 0 unspecified atom stereocenters. The molecule has 2 aliphatic carbocycles. The van der Waals surface area contributed by atoms with Crippen LogP contribution >= 0.6 is 0 Å². The monoisotopic (exact) mass is 646 g/mol. The van der Waals surface area contributed by atoms with Gasteiger partial charge in [-0.1, -0.05) is 152 Å². The first-order chi connectivity index (χ1) is 25.3. The minimum atomic E-state index is -0.384. The molecule has 0 saturated heterocycles. The Morgan fingerprint density at radius 1 is 0.314 bits per heavy atom. The van der Waals surface area contributed by atoms with E-state index in [0.29, 0.717) is 0 Å². The van der Waals surface area contributed by atoms with Crippen LogP contribution < -0.4 is 0 Å². The summed E-state index contributed by atoms with van der Waals surface area (Å²) >= 11 is 0. The van der Waals surface area contributed by atoms with Gasteiger partial charge >= 0.3 is 0 Å². The Balaban J connectivity index is 1.06. The number of fused-ring (bicyclic) bond motifs is 13. The molecule has 1 aromatic heterocycles. The Kier molecular flexibility index (Phi) is 5.91. The first-order valence-corrected chi connectivity index (χ1v) is 17.6. The van der Waals surface area contributed by atoms with E-state index in [-0.39, 0.29) is 5.41 Å². The third-order valence-electron chi connectivity index (χ3n) is 11.2. The van der Waals surface area contributed by atoms with Crippen LogP contribution in [0.15, 0.2) is 182 Å². The maximum atomic E-state index is 4.55. The fraction of sp³-hybridized carbons (Fsp3) is 0.0204. The van der Waals surface area contributed by atoms with E-state index in [1.165, 1.54) is 77.2 Å². The van der Waals surface area contributed by atoms with Crippen LogP contribution in [0.3, 0.4) is 0 Å². The summed E-state index contributed by atoms with van der Waals surface area (Å²) in [6.07, 6.45) is 0. The summed E-state index contributed by atoms with van der Waals surface area (Å²) in [6, 6.07) is 66.4. The fourth-order valence-electron chi connectivity index (χ4n) is 8.91. The van der Waals surface area contributed by atoms with Gasteiger partial charge in [0, 0.05) is 11.1 Å². The second-order valence-electron chi connectivity index (χ2n) is 13.8. The third kappa shape index (κ3) is 3.99. The van der Waals surface area contributed by atoms with Gasteiger partial charge in [0.05, 0.1) is 16.8 Å². The maximum absolute atomic E-state index is 4.55. The molecule has 0 saturated carbocycles. The Morgan fingerprint density at radius 2 is 0.902 bits per heavy atom. The van der Waals surface area contributed by atoms with E-state index in [0.717, 1.165) is 22.5 Å². The van der Waals surface area contributed by atoms with E-state index in [9.17, 15) is 0 Å². The van der Waals surface area contributed by atoms with Gasteiger partial charge in [-0.05, 0) is 108 Å². The topological polar surface area (TPSA) is 25.8 Å². The van der Waals surface area contributed by atoms with Crippen molar-refractivity contribution in [2.45, 2.75) is 5.41 Å². The van der Waals surface area contributed by atoms with Crippen molar-refractivity contribution in [3.05, 3.63) is 204 Å². The lowest BCUT2D eigenvalue weighted by Crippen LogP contribution is -2.25. The van der Waals surface area contributed by atoms with Crippen LogP contribution in [-0.4, -0.2) is 10.2 Å². The predicted molar refractivity (Wildman–Crippen MR) is 210 cm³/mol. The Bertz CT molecular complexity index is 2790. The zero-order chi connectivity index (χ0) is 33.5. The number of aromatic nitrogens is 2. The second-order valence-corrected chi connectivity index (χ2v) is 13.8. The first-order valence-electron chi connectivity index (χ1n) is 17.6. The number of rotatable bonds is 3. The quantitative estimate of drug-likeness (QED) is 0.191. The predicted octanol–water partition coefficient (Wildman–Crippen LogP) is 12.1. The van der Waals surface area contributed by atoms with Gasteiger partial charge in [-0.15, -0.1) is 10.2 Å². The van der Waals surface area contributed by atoms with Gasteiger partial charge in [-0.2, -0.15) is 0 Å². The summed E-state index contributed by atoms with van der Waals surface area (Å²) in [6.45, 7) is 0. The van der Waals surface area contributed by atoms with Crippen molar-refractivity contribution in [1.29, 1.82) is 0 Å². The van der Waals surface area contributed by atoms with Crippen LogP contribution in [0.2, 0.25) is 0 Å². The van der Waals surface area contributed by atoms with Crippen LogP contribution in [-0.2, 0) is 5.41 Å². The average molecular weight is 647 g/mol. The molecule has 2 aliphatic rings. The third-order valence-corrected chi connectivity index (χ3v) is 11.2. The van der Waals surface area contributed by atoms with Crippen molar-refractivity contribution < 1.29 is 0 Å². The van der Waals surface area contributed by atoms with E-state index in [4.69, 9.17) is 0 Å². The van der Waals surface area contributed by atoms with Crippen molar-refractivity contribution in [3.8, 4) is 55.9 Å². The summed E-state index contributed by atoms with van der Waals surface area (Å²) in [7, 11) is 0.